The monoisotopic (exact) mass is 314 g/mol. The Morgan fingerprint density at radius 3 is 3.05 bits per heavy atom. The van der Waals surface area contributed by atoms with E-state index in [1.54, 1.807) is 11.3 Å². The predicted molar refractivity (Wildman–Crippen MR) is 93.9 cm³/mol. The second-order valence-electron chi connectivity index (χ2n) is 5.60. The molecule has 4 nitrogen and oxygen atoms in total. The number of hydrogen-bond donors (Lipinski definition) is 4. The van der Waals surface area contributed by atoms with E-state index in [0.29, 0.717) is 11.9 Å². The van der Waals surface area contributed by atoms with Crippen LogP contribution >= 0.6 is 11.3 Å². The molecule has 4 N–H and O–H groups in total. The van der Waals surface area contributed by atoms with Gasteiger partial charge in [-0.25, -0.2) is 0 Å². The number of amidine groups is 1. The zero-order valence-corrected chi connectivity index (χ0v) is 13.4. The van der Waals surface area contributed by atoms with Crippen molar-refractivity contribution in [2.45, 2.75) is 25.4 Å². The summed E-state index contributed by atoms with van der Waals surface area (Å²) in [6, 6.07) is 12.8. The molecule has 0 spiro atoms. The maximum atomic E-state index is 8.08. The summed E-state index contributed by atoms with van der Waals surface area (Å²) in [7, 11) is 0. The van der Waals surface area contributed by atoms with Crippen molar-refractivity contribution >= 4 is 22.9 Å². The second kappa shape index (κ2) is 7.54. The minimum Gasteiger partial charge on any atom is -0.340 e. The molecule has 1 atom stereocenters. The summed E-state index contributed by atoms with van der Waals surface area (Å²) >= 11 is 1.58. The molecule has 5 heteroatoms. The van der Waals surface area contributed by atoms with Gasteiger partial charge in [-0.1, -0.05) is 18.2 Å². The van der Waals surface area contributed by atoms with Crippen molar-refractivity contribution in [2.75, 3.05) is 18.4 Å². The molecular weight excluding hydrogens is 292 g/mol. The Morgan fingerprint density at radius 2 is 2.27 bits per heavy atom. The van der Waals surface area contributed by atoms with E-state index >= 15 is 0 Å². The lowest BCUT2D eigenvalue weighted by Crippen LogP contribution is -2.33. The summed E-state index contributed by atoms with van der Waals surface area (Å²) < 4.78 is 0. The number of nitrogens with one attached hydrogen (secondary N) is 4. The van der Waals surface area contributed by atoms with Gasteiger partial charge in [0.2, 0.25) is 0 Å². The highest BCUT2D eigenvalue weighted by atomic mass is 32.1. The van der Waals surface area contributed by atoms with E-state index in [4.69, 9.17) is 5.41 Å². The third-order valence-corrected chi connectivity index (χ3v) is 4.73. The second-order valence-corrected chi connectivity index (χ2v) is 6.55. The number of hydrogen-bond acceptors (Lipinski definition) is 4. The van der Waals surface area contributed by atoms with Gasteiger partial charge in [-0.15, -0.1) is 11.3 Å². The molecule has 22 heavy (non-hydrogen) atoms. The average Bonchev–Trinajstić information content (AvgIpc) is 3.21. The fourth-order valence-corrected chi connectivity index (χ4v) is 3.34. The molecule has 0 radical (unpaired) electrons. The molecule has 1 aliphatic heterocycles. The molecule has 0 aliphatic carbocycles. The summed E-state index contributed by atoms with van der Waals surface area (Å²) in [6.45, 7) is 3.03. The number of rotatable bonds is 6. The van der Waals surface area contributed by atoms with E-state index < -0.39 is 0 Å². The van der Waals surface area contributed by atoms with Crippen molar-refractivity contribution < 1.29 is 0 Å². The van der Waals surface area contributed by atoms with Gasteiger partial charge in [0, 0.05) is 24.8 Å². The van der Waals surface area contributed by atoms with Crippen LogP contribution in [0.1, 0.15) is 23.3 Å². The van der Waals surface area contributed by atoms with E-state index in [1.807, 2.05) is 29.6 Å². The molecule has 1 saturated heterocycles. The fraction of sp³-hybridized carbons (Fsp3) is 0.353. The Labute approximate surface area is 135 Å². The van der Waals surface area contributed by atoms with Gasteiger partial charge in [0.25, 0.3) is 0 Å². The Kier molecular flexibility index (Phi) is 5.21. The van der Waals surface area contributed by atoms with Crippen molar-refractivity contribution in [2.24, 2.45) is 0 Å². The van der Waals surface area contributed by atoms with Crippen molar-refractivity contribution in [1.29, 1.82) is 5.41 Å². The molecule has 0 amide bonds. The highest BCUT2D eigenvalue weighted by Gasteiger charge is 2.12. The van der Waals surface area contributed by atoms with Gasteiger partial charge in [0.15, 0.2) is 0 Å². The van der Waals surface area contributed by atoms with Gasteiger partial charge in [-0.2, -0.15) is 0 Å². The van der Waals surface area contributed by atoms with Gasteiger partial charge in [0.05, 0.1) is 4.88 Å². The van der Waals surface area contributed by atoms with Crippen LogP contribution in [0, 0.1) is 5.41 Å². The van der Waals surface area contributed by atoms with E-state index in [0.717, 1.165) is 30.2 Å². The first kappa shape index (κ1) is 15.2. The summed E-state index contributed by atoms with van der Waals surface area (Å²) in [5.74, 6) is 0.454. The maximum Gasteiger partial charge on any atom is 0.140 e. The lowest BCUT2D eigenvalue weighted by Gasteiger charge is -2.12. The molecule has 1 aromatic carbocycles. The molecule has 1 aliphatic rings. The zero-order chi connectivity index (χ0) is 15.2. The average molecular weight is 314 g/mol. The number of thiophene rings is 1. The molecule has 0 bridgehead atoms. The molecule has 0 saturated carbocycles. The zero-order valence-electron chi connectivity index (χ0n) is 12.6. The molecule has 3 rings (SSSR count). The normalized spacial score (nSPS) is 17.5. The van der Waals surface area contributed by atoms with E-state index in [9.17, 15) is 0 Å². The number of benzene rings is 1. The third kappa shape index (κ3) is 4.16. The topological polar surface area (TPSA) is 59.9 Å². The summed E-state index contributed by atoms with van der Waals surface area (Å²) in [5, 5.41) is 20.2. The van der Waals surface area contributed by atoms with Crippen LogP contribution in [0.4, 0.5) is 5.69 Å². The van der Waals surface area contributed by atoms with E-state index in [1.165, 1.54) is 18.4 Å². The predicted octanol–water partition coefficient (Wildman–Crippen LogP) is 3.03. The van der Waals surface area contributed by atoms with E-state index in [2.05, 4.69) is 28.1 Å². The van der Waals surface area contributed by atoms with Gasteiger partial charge < -0.3 is 16.0 Å². The first-order chi connectivity index (χ1) is 10.8. The fourth-order valence-electron chi connectivity index (χ4n) is 2.71. The molecule has 2 heterocycles. The maximum absolute atomic E-state index is 8.08. The highest BCUT2D eigenvalue weighted by Crippen LogP contribution is 2.15. The number of anilines is 1. The molecule has 116 valence electrons. The smallest absolute Gasteiger partial charge is 0.140 e. The third-order valence-electron chi connectivity index (χ3n) is 3.85. The lowest BCUT2D eigenvalue weighted by molar-refractivity contribution is 0.536. The van der Waals surface area contributed by atoms with E-state index in [-0.39, 0.29) is 0 Å². The van der Waals surface area contributed by atoms with Crippen LogP contribution in [-0.2, 0) is 6.54 Å². The first-order valence-corrected chi connectivity index (χ1v) is 8.62. The Morgan fingerprint density at radius 1 is 1.32 bits per heavy atom. The quantitative estimate of drug-likeness (QED) is 0.490. The Bertz CT molecular complexity index is 603. The van der Waals surface area contributed by atoms with Gasteiger partial charge in [-0.05, 0) is 48.5 Å². The SMILES string of the molecule is N=C(Nc1cccc(CNCC2CCCN2)c1)c1cccs1. The molecular formula is C17H22N4S. The largest absolute Gasteiger partial charge is 0.340 e. The van der Waals surface area contributed by atoms with Gasteiger partial charge >= 0.3 is 0 Å². The van der Waals surface area contributed by atoms with Crippen molar-refractivity contribution in [1.82, 2.24) is 10.6 Å². The first-order valence-electron chi connectivity index (χ1n) is 7.74. The molecule has 1 fully saturated rings. The van der Waals surface area contributed by atoms with Crippen LogP contribution in [0.3, 0.4) is 0 Å². The highest BCUT2D eigenvalue weighted by molar-refractivity contribution is 7.12. The van der Waals surface area contributed by atoms with Crippen LogP contribution in [0.2, 0.25) is 0 Å². The van der Waals surface area contributed by atoms with Gasteiger partial charge in [-0.3, -0.25) is 5.41 Å². The molecule has 1 aromatic heterocycles. The Balaban J connectivity index is 1.52. The van der Waals surface area contributed by atoms with Crippen LogP contribution in [-0.4, -0.2) is 25.0 Å². The van der Waals surface area contributed by atoms with Crippen LogP contribution < -0.4 is 16.0 Å². The minimum absolute atomic E-state index is 0.454. The lowest BCUT2D eigenvalue weighted by atomic mass is 10.2. The van der Waals surface area contributed by atoms with Gasteiger partial charge in [0.1, 0.15) is 5.84 Å². The minimum atomic E-state index is 0.454. The van der Waals surface area contributed by atoms with Crippen LogP contribution in [0.25, 0.3) is 0 Å². The van der Waals surface area contributed by atoms with Crippen molar-refractivity contribution in [3.8, 4) is 0 Å². The van der Waals surface area contributed by atoms with Crippen LogP contribution in [0.5, 0.6) is 0 Å². The summed E-state index contributed by atoms with van der Waals surface area (Å²) in [4.78, 5) is 0.954. The van der Waals surface area contributed by atoms with Crippen molar-refractivity contribution in [3.63, 3.8) is 0 Å². The standard InChI is InChI=1S/C17H22N4S/c18-17(16-7-3-9-22-16)21-14-5-1-4-13(10-14)11-19-12-15-6-2-8-20-15/h1,3-5,7,9-10,15,19-20H,2,6,8,11-12H2,(H2,18,21). The Hall–Kier alpha value is -1.69. The summed E-state index contributed by atoms with van der Waals surface area (Å²) in [6.07, 6.45) is 2.56. The molecule has 1 unspecified atom stereocenters. The van der Waals surface area contributed by atoms with Crippen molar-refractivity contribution in [3.05, 3.63) is 52.2 Å². The summed E-state index contributed by atoms with van der Waals surface area (Å²) in [5.41, 5.74) is 2.21. The van der Waals surface area contributed by atoms with Crippen LogP contribution in [0.15, 0.2) is 41.8 Å². The molecule has 2 aromatic rings.